The fourth-order valence-electron chi connectivity index (χ4n) is 4.16. The predicted molar refractivity (Wildman–Crippen MR) is 146 cm³/mol. The maximum absolute atomic E-state index is 5.93. The third kappa shape index (κ3) is 13.9. The van der Waals surface area contributed by atoms with E-state index in [-0.39, 0.29) is 0 Å². The third-order valence-electron chi connectivity index (χ3n) is 6.18. The molecule has 2 rings (SSSR count). The highest BCUT2D eigenvalue weighted by atomic mass is 31.1. The van der Waals surface area contributed by atoms with Gasteiger partial charge in [-0.3, -0.25) is 0 Å². The summed E-state index contributed by atoms with van der Waals surface area (Å²) in [6, 6.07) is 19.3. The maximum atomic E-state index is 5.93. The van der Waals surface area contributed by atoms with Crippen LogP contribution in [-0.4, -0.2) is 6.61 Å². The lowest BCUT2D eigenvalue weighted by molar-refractivity contribution is 0.304. The monoisotopic (exact) mass is 454 g/mol. The Labute approximate surface area is 200 Å². The molecule has 0 radical (unpaired) electrons. The van der Waals surface area contributed by atoms with Gasteiger partial charge in [-0.25, -0.2) is 0 Å². The van der Waals surface area contributed by atoms with Gasteiger partial charge in [0.1, 0.15) is 5.75 Å². The number of ether oxygens (including phenoxy) is 1. The summed E-state index contributed by atoms with van der Waals surface area (Å²) in [5.41, 5.74) is 0. The van der Waals surface area contributed by atoms with Gasteiger partial charge >= 0.3 is 0 Å². The van der Waals surface area contributed by atoms with Crippen molar-refractivity contribution in [2.45, 2.75) is 110 Å². The minimum Gasteiger partial charge on any atom is -0.494 e. The summed E-state index contributed by atoms with van der Waals surface area (Å²) in [5.74, 6) is 1.01. The Bertz CT molecular complexity index is 652. The van der Waals surface area contributed by atoms with Gasteiger partial charge in [0.25, 0.3) is 0 Å². The van der Waals surface area contributed by atoms with Crippen LogP contribution in [0, 0.1) is 0 Å². The number of benzene rings is 2. The van der Waals surface area contributed by atoms with Crippen molar-refractivity contribution in [1.29, 1.82) is 0 Å². The quantitative estimate of drug-likeness (QED) is 0.143. The molecule has 0 aliphatic carbocycles. The van der Waals surface area contributed by atoms with Crippen LogP contribution in [-0.2, 0) is 0 Å². The van der Waals surface area contributed by atoms with Gasteiger partial charge in [0.05, 0.1) is 6.61 Å². The molecule has 2 aromatic rings. The lowest BCUT2D eigenvalue weighted by Gasteiger charge is -2.08. The summed E-state index contributed by atoms with van der Waals surface area (Å²) in [6.45, 7) is 3.14. The number of rotatable bonds is 20. The molecule has 1 atom stereocenters. The van der Waals surface area contributed by atoms with Crippen molar-refractivity contribution in [1.82, 2.24) is 0 Å². The second kappa shape index (κ2) is 19.2. The molecule has 1 unspecified atom stereocenters. The first kappa shape index (κ1) is 26.9. The van der Waals surface area contributed by atoms with Gasteiger partial charge in [0.15, 0.2) is 0 Å². The Morgan fingerprint density at radius 3 is 1.44 bits per heavy atom. The van der Waals surface area contributed by atoms with Gasteiger partial charge in [0.2, 0.25) is 0 Å². The SMILES string of the molecule is CCCCCCCCCCCCCCCCCCOc1ccc(Pc2ccccc2)cc1. The van der Waals surface area contributed by atoms with Gasteiger partial charge in [-0.05, 0) is 29.2 Å². The van der Waals surface area contributed by atoms with Crippen molar-refractivity contribution in [3.63, 3.8) is 0 Å². The standard InChI is InChI=1S/C30H47OP/c1-2-3-4-5-6-7-8-9-10-11-12-13-14-15-16-20-27-31-28-23-25-30(26-24-28)32-29-21-18-17-19-22-29/h17-19,21-26,32H,2-16,20,27H2,1H3. The lowest BCUT2D eigenvalue weighted by Crippen LogP contribution is -2.03. The molecule has 0 saturated carbocycles. The Morgan fingerprint density at radius 1 is 0.500 bits per heavy atom. The molecule has 0 aromatic heterocycles. The van der Waals surface area contributed by atoms with E-state index in [1.807, 2.05) is 0 Å². The molecule has 32 heavy (non-hydrogen) atoms. The summed E-state index contributed by atoms with van der Waals surface area (Å²) in [6.07, 6.45) is 22.5. The summed E-state index contributed by atoms with van der Waals surface area (Å²) in [7, 11) is 0.718. The minimum absolute atomic E-state index is 0.718. The third-order valence-corrected chi connectivity index (χ3v) is 7.43. The average Bonchev–Trinajstić information content (AvgIpc) is 2.83. The van der Waals surface area contributed by atoms with Crippen LogP contribution in [0.1, 0.15) is 110 Å². The maximum Gasteiger partial charge on any atom is 0.119 e. The van der Waals surface area contributed by atoms with E-state index in [9.17, 15) is 0 Å². The van der Waals surface area contributed by atoms with Crippen molar-refractivity contribution in [3.8, 4) is 5.75 Å². The van der Waals surface area contributed by atoms with Crippen molar-refractivity contribution in [2.24, 2.45) is 0 Å². The molecule has 1 nitrogen and oxygen atoms in total. The smallest absolute Gasteiger partial charge is 0.119 e. The molecule has 0 N–H and O–H groups in total. The van der Waals surface area contributed by atoms with Crippen molar-refractivity contribution in [2.75, 3.05) is 6.61 Å². The van der Waals surface area contributed by atoms with Crippen molar-refractivity contribution >= 4 is 19.2 Å². The second-order valence-electron chi connectivity index (χ2n) is 9.17. The van der Waals surface area contributed by atoms with Gasteiger partial charge < -0.3 is 4.74 Å². The van der Waals surface area contributed by atoms with Crippen LogP contribution in [0.25, 0.3) is 0 Å². The van der Waals surface area contributed by atoms with E-state index >= 15 is 0 Å². The highest BCUT2D eigenvalue weighted by molar-refractivity contribution is 7.55. The predicted octanol–water partition coefficient (Wildman–Crippen LogP) is 8.96. The second-order valence-corrected chi connectivity index (χ2v) is 10.6. The van der Waals surface area contributed by atoms with Crippen LogP contribution in [0.3, 0.4) is 0 Å². The van der Waals surface area contributed by atoms with Gasteiger partial charge in [-0.15, -0.1) is 0 Å². The summed E-state index contributed by atoms with van der Waals surface area (Å²) < 4.78 is 5.93. The Hall–Kier alpha value is -1.33. The molecule has 0 bridgehead atoms. The first-order chi connectivity index (χ1) is 15.9. The van der Waals surface area contributed by atoms with E-state index in [0.29, 0.717) is 0 Å². The van der Waals surface area contributed by atoms with E-state index in [1.165, 1.54) is 113 Å². The van der Waals surface area contributed by atoms with Crippen molar-refractivity contribution in [3.05, 3.63) is 54.6 Å². The van der Waals surface area contributed by atoms with Crippen LogP contribution in [0.2, 0.25) is 0 Å². The number of hydrogen-bond acceptors (Lipinski definition) is 1. The molecule has 0 saturated heterocycles. The lowest BCUT2D eigenvalue weighted by atomic mass is 10.0. The van der Waals surface area contributed by atoms with Gasteiger partial charge in [0, 0.05) is 0 Å². The molecular weight excluding hydrogens is 407 g/mol. The molecule has 178 valence electrons. The average molecular weight is 455 g/mol. The van der Waals surface area contributed by atoms with E-state index in [1.54, 1.807) is 0 Å². The summed E-state index contributed by atoms with van der Waals surface area (Å²) in [5, 5.41) is 2.75. The summed E-state index contributed by atoms with van der Waals surface area (Å²) >= 11 is 0. The molecule has 0 amide bonds. The highest BCUT2D eigenvalue weighted by Crippen LogP contribution is 2.16. The van der Waals surface area contributed by atoms with E-state index in [2.05, 4.69) is 61.5 Å². The first-order valence-corrected chi connectivity index (χ1v) is 14.4. The van der Waals surface area contributed by atoms with E-state index in [4.69, 9.17) is 4.74 Å². The number of hydrogen-bond donors (Lipinski definition) is 0. The topological polar surface area (TPSA) is 9.23 Å². The number of unbranched alkanes of at least 4 members (excludes halogenated alkanes) is 15. The van der Waals surface area contributed by atoms with E-state index in [0.717, 1.165) is 20.9 Å². The fourth-order valence-corrected chi connectivity index (χ4v) is 5.19. The molecule has 0 aliphatic rings. The van der Waals surface area contributed by atoms with Crippen molar-refractivity contribution < 1.29 is 4.74 Å². The zero-order valence-corrected chi connectivity index (χ0v) is 21.6. The minimum atomic E-state index is 0.718. The highest BCUT2D eigenvalue weighted by Gasteiger charge is 1.99. The zero-order chi connectivity index (χ0) is 22.5. The van der Waals surface area contributed by atoms with Crippen LogP contribution >= 0.6 is 8.58 Å². The zero-order valence-electron chi connectivity index (χ0n) is 20.6. The Morgan fingerprint density at radius 2 is 0.938 bits per heavy atom. The van der Waals surface area contributed by atoms with Crippen LogP contribution in [0.5, 0.6) is 5.75 Å². The Kier molecular flexibility index (Phi) is 16.1. The first-order valence-electron chi connectivity index (χ1n) is 13.4. The normalized spacial score (nSPS) is 11.4. The molecule has 0 spiro atoms. The van der Waals surface area contributed by atoms with Gasteiger partial charge in [-0.1, -0.05) is 154 Å². The molecule has 0 aliphatic heterocycles. The van der Waals surface area contributed by atoms with Crippen LogP contribution in [0.4, 0.5) is 0 Å². The van der Waals surface area contributed by atoms with Crippen LogP contribution < -0.4 is 15.3 Å². The molecule has 2 aromatic carbocycles. The Balaban J connectivity index is 1.34. The summed E-state index contributed by atoms with van der Waals surface area (Å²) in [4.78, 5) is 0. The molecule has 0 fully saturated rings. The van der Waals surface area contributed by atoms with E-state index < -0.39 is 0 Å². The van der Waals surface area contributed by atoms with Gasteiger partial charge in [-0.2, -0.15) is 0 Å². The molecule has 2 heteroatoms. The molecular formula is C30H47OP. The largest absolute Gasteiger partial charge is 0.494 e. The fraction of sp³-hybridized carbons (Fsp3) is 0.600. The molecule has 0 heterocycles. The van der Waals surface area contributed by atoms with Crippen LogP contribution in [0.15, 0.2) is 54.6 Å².